The van der Waals surface area contributed by atoms with E-state index in [2.05, 4.69) is 33.5 Å². The molecule has 2 atom stereocenters. The van der Waals surface area contributed by atoms with Crippen LogP contribution in [0.25, 0.3) is 0 Å². The number of furan rings is 1. The lowest BCUT2D eigenvalue weighted by Crippen LogP contribution is -2.47. The Bertz CT molecular complexity index is 901. The highest BCUT2D eigenvalue weighted by Gasteiger charge is 2.35. The summed E-state index contributed by atoms with van der Waals surface area (Å²) < 4.78 is 13.1. The molecular formula is C24H33N3O3. The van der Waals surface area contributed by atoms with Gasteiger partial charge in [-0.25, -0.2) is 0 Å². The number of rotatable bonds is 6. The van der Waals surface area contributed by atoms with Crippen molar-refractivity contribution in [2.45, 2.75) is 44.8 Å². The number of hydrogen-bond donors (Lipinski definition) is 0. The standard InChI is InChI=1S/C24H33N3O3/c1-25(12-18-6-9-29-10-7-18)15-20-4-5-23-21-11-19(14-27(23)24(20)28)13-26(16-21)17-22-3-2-8-30-22/h2-5,8,18-19,21H,6-7,9-17H2,1H3/t19-,21+/m0/s1. The summed E-state index contributed by atoms with van der Waals surface area (Å²) >= 11 is 0. The monoisotopic (exact) mass is 411 g/mol. The molecule has 2 fully saturated rings. The Kier molecular flexibility index (Phi) is 5.81. The van der Waals surface area contributed by atoms with Gasteiger partial charge in [-0.1, -0.05) is 6.07 Å². The first kappa shape index (κ1) is 20.0. The maximum atomic E-state index is 13.3. The zero-order valence-electron chi connectivity index (χ0n) is 18.0. The normalized spacial score (nSPS) is 24.9. The molecular weight excluding hydrogens is 378 g/mol. The number of ether oxygens (including phenoxy) is 1. The van der Waals surface area contributed by atoms with Crippen LogP contribution in [0.2, 0.25) is 0 Å². The van der Waals surface area contributed by atoms with Crippen molar-refractivity contribution in [3.63, 3.8) is 0 Å². The van der Waals surface area contributed by atoms with Crippen LogP contribution in [0.5, 0.6) is 0 Å². The van der Waals surface area contributed by atoms with Crippen LogP contribution in [0.3, 0.4) is 0 Å². The SMILES string of the molecule is CN(Cc1ccc2n(c1=O)C[C@H]1C[C@@H]2CN(Cc2ccco2)C1)CC1CCOCC1. The molecule has 3 aliphatic heterocycles. The zero-order valence-corrected chi connectivity index (χ0v) is 18.0. The molecule has 5 rings (SSSR count). The molecule has 2 aromatic rings. The molecule has 0 aliphatic carbocycles. The Morgan fingerprint density at radius 1 is 1.13 bits per heavy atom. The molecule has 30 heavy (non-hydrogen) atoms. The van der Waals surface area contributed by atoms with Crippen molar-refractivity contribution in [3.8, 4) is 0 Å². The maximum Gasteiger partial charge on any atom is 0.255 e. The van der Waals surface area contributed by atoms with Gasteiger partial charge in [0.1, 0.15) is 5.76 Å². The number of fused-ring (bicyclic) bond motifs is 4. The maximum absolute atomic E-state index is 13.3. The Morgan fingerprint density at radius 3 is 2.80 bits per heavy atom. The molecule has 6 heteroatoms. The Hall–Kier alpha value is -1.89. The number of aromatic nitrogens is 1. The van der Waals surface area contributed by atoms with Crippen molar-refractivity contribution in [2.75, 3.05) is 39.9 Å². The van der Waals surface area contributed by atoms with Crippen molar-refractivity contribution in [1.82, 2.24) is 14.4 Å². The average molecular weight is 412 g/mol. The molecule has 2 aromatic heterocycles. The van der Waals surface area contributed by atoms with E-state index < -0.39 is 0 Å². The predicted octanol–water partition coefficient (Wildman–Crippen LogP) is 2.92. The first-order chi connectivity index (χ1) is 14.7. The zero-order chi connectivity index (χ0) is 20.5. The van der Waals surface area contributed by atoms with Crippen molar-refractivity contribution < 1.29 is 9.15 Å². The van der Waals surface area contributed by atoms with E-state index >= 15 is 0 Å². The van der Waals surface area contributed by atoms with Crippen LogP contribution in [0.15, 0.2) is 39.7 Å². The lowest BCUT2D eigenvalue weighted by atomic mass is 9.83. The van der Waals surface area contributed by atoms with Crippen LogP contribution in [0.4, 0.5) is 0 Å². The van der Waals surface area contributed by atoms with Gasteiger partial charge in [0.25, 0.3) is 5.56 Å². The lowest BCUT2D eigenvalue weighted by molar-refractivity contribution is 0.0549. The highest BCUT2D eigenvalue weighted by atomic mass is 16.5. The molecule has 0 unspecified atom stereocenters. The summed E-state index contributed by atoms with van der Waals surface area (Å²) in [7, 11) is 2.14. The topological polar surface area (TPSA) is 50.9 Å². The second-order valence-electron chi connectivity index (χ2n) is 9.52. The summed E-state index contributed by atoms with van der Waals surface area (Å²) in [5.74, 6) is 2.69. The third kappa shape index (κ3) is 4.27. The van der Waals surface area contributed by atoms with Gasteiger partial charge in [-0.2, -0.15) is 0 Å². The highest BCUT2D eigenvalue weighted by Crippen LogP contribution is 2.35. The average Bonchev–Trinajstić information content (AvgIpc) is 3.24. The summed E-state index contributed by atoms with van der Waals surface area (Å²) in [6.07, 6.45) is 5.20. The van der Waals surface area contributed by atoms with Crippen LogP contribution < -0.4 is 5.56 Å². The second kappa shape index (κ2) is 8.69. The van der Waals surface area contributed by atoms with E-state index in [0.29, 0.717) is 17.8 Å². The van der Waals surface area contributed by atoms with Gasteiger partial charge in [-0.15, -0.1) is 0 Å². The molecule has 0 radical (unpaired) electrons. The Balaban J connectivity index is 1.27. The quantitative estimate of drug-likeness (QED) is 0.732. The number of likely N-dealkylation sites (tertiary alicyclic amines) is 1. The van der Waals surface area contributed by atoms with E-state index in [1.807, 2.05) is 12.1 Å². The number of pyridine rings is 1. The van der Waals surface area contributed by atoms with Gasteiger partial charge in [0, 0.05) is 63.1 Å². The molecule has 162 valence electrons. The minimum Gasteiger partial charge on any atom is -0.468 e. The van der Waals surface area contributed by atoms with E-state index in [0.717, 1.165) is 76.6 Å². The van der Waals surface area contributed by atoms with Crippen molar-refractivity contribution >= 4 is 0 Å². The fourth-order valence-corrected chi connectivity index (χ4v) is 5.69. The Labute approximate surface area is 178 Å². The van der Waals surface area contributed by atoms with E-state index in [1.165, 1.54) is 12.1 Å². The molecule has 3 aliphatic rings. The first-order valence-electron chi connectivity index (χ1n) is 11.4. The van der Waals surface area contributed by atoms with Crippen LogP contribution >= 0.6 is 0 Å². The fourth-order valence-electron chi connectivity index (χ4n) is 5.69. The van der Waals surface area contributed by atoms with Crippen LogP contribution in [0.1, 0.15) is 42.2 Å². The lowest BCUT2D eigenvalue weighted by Gasteiger charge is -2.42. The molecule has 6 nitrogen and oxygen atoms in total. The highest BCUT2D eigenvalue weighted by molar-refractivity contribution is 5.22. The summed E-state index contributed by atoms with van der Waals surface area (Å²) in [6, 6.07) is 8.30. The van der Waals surface area contributed by atoms with E-state index in [4.69, 9.17) is 9.15 Å². The molecule has 2 saturated heterocycles. The number of nitrogens with zero attached hydrogens (tertiary/aromatic N) is 3. The summed E-state index contributed by atoms with van der Waals surface area (Å²) in [5.41, 5.74) is 2.37. The van der Waals surface area contributed by atoms with Gasteiger partial charge in [0.2, 0.25) is 0 Å². The van der Waals surface area contributed by atoms with Crippen LogP contribution in [-0.4, -0.2) is 54.3 Å². The molecule has 2 bridgehead atoms. The largest absolute Gasteiger partial charge is 0.468 e. The molecule has 0 N–H and O–H groups in total. The van der Waals surface area contributed by atoms with Gasteiger partial charge in [0.05, 0.1) is 12.8 Å². The number of piperidine rings is 1. The van der Waals surface area contributed by atoms with E-state index in [1.54, 1.807) is 6.26 Å². The fraction of sp³-hybridized carbons (Fsp3) is 0.625. The summed E-state index contributed by atoms with van der Waals surface area (Å²) in [4.78, 5) is 18.1. The molecule has 0 spiro atoms. The molecule has 0 amide bonds. The van der Waals surface area contributed by atoms with Crippen LogP contribution in [0, 0.1) is 11.8 Å². The smallest absolute Gasteiger partial charge is 0.255 e. The van der Waals surface area contributed by atoms with Crippen molar-refractivity contribution in [3.05, 3.63) is 57.9 Å². The third-order valence-electron chi connectivity index (χ3n) is 7.07. The summed E-state index contributed by atoms with van der Waals surface area (Å²) in [6.45, 7) is 7.26. The van der Waals surface area contributed by atoms with Crippen LogP contribution in [-0.2, 0) is 24.4 Å². The Morgan fingerprint density at radius 2 is 2.00 bits per heavy atom. The minimum atomic E-state index is 0.223. The van der Waals surface area contributed by atoms with Crippen molar-refractivity contribution in [2.24, 2.45) is 11.8 Å². The summed E-state index contributed by atoms with van der Waals surface area (Å²) in [5, 5.41) is 0. The molecule has 0 aromatic carbocycles. The van der Waals surface area contributed by atoms with Gasteiger partial charge >= 0.3 is 0 Å². The third-order valence-corrected chi connectivity index (χ3v) is 7.07. The van der Waals surface area contributed by atoms with E-state index in [-0.39, 0.29) is 5.56 Å². The minimum absolute atomic E-state index is 0.223. The van der Waals surface area contributed by atoms with Gasteiger partial charge in [-0.3, -0.25) is 9.69 Å². The van der Waals surface area contributed by atoms with Crippen molar-refractivity contribution in [1.29, 1.82) is 0 Å². The van der Waals surface area contributed by atoms with Gasteiger partial charge < -0.3 is 18.6 Å². The predicted molar refractivity (Wildman–Crippen MR) is 115 cm³/mol. The first-order valence-corrected chi connectivity index (χ1v) is 11.4. The number of hydrogen-bond acceptors (Lipinski definition) is 5. The van der Waals surface area contributed by atoms with E-state index in [9.17, 15) is 4.79 Å². The molecule has 0 saturated carbocycles. The second-order valence-corrected chi connectivity index (χ2v) is 9.52. The van der Waals surface area contributed by atoms with Gasteiger partial charge in [0.15, 0.2) is 0 Å². The van der Waals surface area contributed by atoms with Gasteiger partial charge in [-0.05, 0) is 56.3 Å². The molecule has 5 heterocycles.